The molecule has 0 saturated carbocycles. The van der Waals surface area contributed by atoms with Gasteiger partial charge in [-0.3, -0.25) is 15.1 Å². The first-order valence-electron chi connectivity index (χ1n) is 7.08. The molecule has 20 heavy (non-hydrogen) atoms. The molecule has 1 amide bonds. The van der Waals surface area contributed by atoms with Crippen LogP contribution < -0.4 is 11.3 Å². The number of hydrogen-bond acceptors (Lipinski definition) is 5. The molecule has 0 radical (unpaired) electrons. The number of piperidine rings is 1. The molecule has 2 aliphatic heterocycles. The smallest absolute Gasteiger partial charge is 0.283 e. The highest BCUT2D eigenvalue weighted by Crippen LogP contribution is 2.36. The van der Waals surface area contributed by atoms with Crippen molar-refractivity contribution in [3.8, 4) is 0 Å². The van der Waals surface area contributed by atoms with Crippen LogP contribution >= 0.6 is 0 Å². The summed E-state index contributed by atoms with van der Waals surface area (Å²) in [5, 5.41) is 9.81. The van der Waals surface area contributed by atoms with Crippen LogP contribution in [0.25, 0.3) is 0 Å². The fraction of sp³-hybridized carbons (Fsp3) is 0.571. The van der Waals surface area contributed by atoms with Gasteiger partial charge in [-0.25, -0.2) is 10.8 Å². The van der Waals surface area contributed by atoms with E-state index >= 15 is 0 Å². The van der Waals surface area contributed by atoms with Gasteiger partial charge in [0, 0.05) is 18.6 Å². The van der Waals surface area contributed by atoms with E-state index in [0.717, 1.165) is 37.9 Å². The zero-order valence-corrected chi connectivity index (χ0v) is 11.3. The number of carbonyl (C=O) groups is 1. The number of carbonyl (C=O) groups excluding carboxylic acids is 1. The highest BCUT2D eigenvalue weighted by Gasteiger charge is 2.40. The molecule has 3 rings (SSSR count). The lowest BCUT2D eigenvalue weighted by Gasteiger charge is -2.36. The third kappa shape index (κ3) is 2.54. The summed E-state index contributed by atoms with van der Waals surface area (Å²) in [6.45, 7) is 0.730. The molecule has 4 N–H and O–H groups in total. The van der Waals surface area contributed by atoms with Crippen LogP contribution in [0.5, 0.6) is 0 Å². The van der Waals surface area contributed by atoms with Gasteiger partial charge in [0.25, 0.3) is 5.91 Å². The summed E-state index contributed by atoms with van der Waals surface area (Å²) >= 11 is 0. The fourth-order valence-electron chi connectivity index (χ4n) is 3.46. The zero-order valence-electron chi connectivity index (χ0n) is 11.3. The molecule has 6 heteroatoms. The Morgan fingerprint density at radius 3 is 2.75 bits per heavy atom. The van der Waals surface area contributed by atoms with Crippen LogP contribution in [-0.2, 0) is 6.54 Å². The average molecular weight is 276 g/mol. The van der Waals surface area contributed by atoms with Gasteiger partial charge in [-0.2, -0.15) is 0 Å². The summed E-state index contributed by atoms with van der Waals surface area (Å²) in [4.78, 5) is 18.3. The van der Waals surface area contributed by atoms with E-state index in [0.29, 0.717) is 17.8 Å². The molecule has 1 aromatic heterocycles. The fourth-order valence-corrected chi connectivity index (χ4v) is 3.46. The summed E-state index contributed by atoms with van der Waals surface area (Å²) in [7, 11) is 0. The van der Waals surface area contributed by atoms with Gasteiger partial charge in [0.05, 0.1) is 11.8 Å². The number of hydrazine groups is 1. The number of amides is 1. The largest absolute Gasteiger partial charge is 0.393 e. The van der Waals surface area contributed by atoms with Gasteiger partial charge in [0.1, 0.15) is 5.69 Å². The molecule has 0 aromatic carbocycles. The molecule has 6 nitrogen and oxygen atoms in total. The molecule has 2 aliphatic rings. The van der Waals surface area contributed by atoms with Crippen molar-refractivity contribution in [3.63, 3.8) is 0 Å². The lowest BCUT2D eigenvalue weighted by atomic mass is 9.99. The Kier molecular flexibility index (Phi) is 3.69. The quantitative estimate of drug-likeness (QED) is 0.416. The van der Waals surface area contributed by atoms with Crippen LogP contribution in [0.3, 0.4) is 0 Å². The van der Waals surface area contributed by atoms with E-state index < -0.39 is 0 Å². The van der Waals surface area contributed by atoms with Crippen molar-refractivity contribution >= 4 is 5.91 Å². The van der Waals surface area contributed by atoms with Crippen molar-refractivity contribution in [2.45, 2.75) is 50.4 Å². The summed E-state index contributed by atoms with van der Waals surface area (Å²) in [6.07, 6.45) is 3.82. The average Bonchev–Trinajstić information content (AvgIpc) is 2.70. The van der Waals surface area contributed by atoms with Crippen molar-refractivity contribution in [1.82, 2.24) is 15.3 Å². The molecule has 2 fully saturated rings. The molecule has 1 aromatic rings. The Morgan fingerprint density at radius 1 is 1.40 bits per heavy atom. The normalized spacial score (nSPS) is 29.4. The molecule has 0 aliphatic carbocycles. The van der Waals surface area contributed by atoms with E-state index in [-0.39, 0.29) is 12.0 Å². The third-order valence-electron chi connectivity index (χ3n) is 4.37. The summed E-state index contributed by atoms with van der Waals surface area (Å²) in [6, 6.07) is 6.29. The number of aromatic nitrogens is 1. The Balaban J connectivity index is 1.74. The number of pyridine rings is 1. The molecule has 2 bridgehead atoms. The maximum absolute atomic E-state index is 11.5. The van der Waals surface area contributed by atoms with Crippen molar-refractivity contribution in [2.24, 2.45) is 5.84 Å². The Hall–Kier alpha value is -1.50. The second-order valence-corrected chi connectivity index (χ2v) is 5.67. The third-order valence-corrected chi connectivity index (χ3v) is 4.37. The van der Waals surface area contributed by atoms with Crippen LogP contribution in [0.15, 0.2) is 18.2 Å². The Labute approximate surface area is 117 Å². The number of nitrogens with two attached hydrogens (primary N) is 1. The second-order valence-electron chi connectivity index (χ2n) is 5.67. The molecule has 2 unspecified atom stereocenters. The second kappa shape index (κ2) is 5.47. The first kappa shape index (κ1) is 13.5. The van der Waals surface area contributed by atoms with Gasteiger partial charge in [0.2, 0.25) is 0 Å². The van der Waals surface area contributed by atoms with Gasteiger partial charge in [-0.05, 0) is 37.8 Å². The highest BCUT2D eigenvalue weighted by atomic mass is 16.3. The summed E-state index contributed by atoms with van der Waals surface area (Å²) in [5.41, 5.74) is 3.32. The van der Waals surface area contributed by atoms with Crippen LogP contribution in [0.2, 0.25) is 0 Å². The first-order valence-corrected chi connectivity index (χ1v) is 7.08. The molecule has 2 atom stereocenters. The lowest BCUT2D eigenvalue weighted by molar-refractivity contribution is 0.0303. The maximum Gasteiger partial charge on any atom is 0.283 e. The monoisotopic (exact) mass is 276 g/mol. The van der Waals surface area contributed by atoms with Gasteiger partial charge < -0.3 is 5.11 Å². The van der Waals surface area contributed by atoms with E-state index in [1.165, 1.54) is 0 Å². The Bertz CT molecular complexity index is 494. The van der Waals surface area contributed by atoms with Crippen molar-refractivity contribution in [3.05, 3.63) is 29.6 Å². The van der Waals surface area contributed by atoms with Gasteiger partial charge in [-0.1, -0.05) is 6.07 Å². The van der Waals surface area contributed by atoms with E-state index in [1.54, 1.807) is 6.07 Å². The van der Waals surface area contributed by atoms with Crippen molar-refractivity contribution in [2.75, 3.05) is 0 Å². The SMILES string of the molecule is NNC(=O)c1cccc(CN2C3CCC2CC(O)C3)n1. The summed E-state index contributed by atoms with van der Waals surface area (Å²) in [5.74, 6) is 4.76. The summed E-state index contributed by atoms with van der Waals surface area (Å²) < 4.78 is 0. The number of nitrogens with zero attached hydrogens (tertiary/aromatic N) is 2. The lowest BCUT2D eigenvalue weighted by Crippen LogP contribution is -2.44. The molecule has 2 saturated heterocycles. The predicted molar refractivity (Wildman–Crippen MR) is 73.5 cm³/mol. The first-order chi connectivity index (χ1) is 9.67. The number of rotatable bonds is 3. The van der Waals surface area contributed by atoms with Crippen molar-refractivity contribution in [1.29, 1.82) is 0 Å². The number of fused-ring (bicyclic) bond motifs is 2. The van der Waals surface area contributed by atoms with Crippen LogP contribution in [-0.4, -0.2) is 39.1 Å². The number of nitrogen functional groups attached to an aromatic ring is 1. The highest BCUT2D eigenvalue weighted by molar-refractivity contribution is 5.91. The van der Waals surface area contributed by atoms with Gasteiger partial charge >= 0.3 is 0 Å². The van der Waals surface area contributed by atoms with Gasteiger partial charge in [-0.15, -0.1) is 0 Å². The number of aliphatic hydroxyl groups is 1. The van der Waals surface area contributed by atoms with E-state index in [4.69, 9.17) is 5.84 Å². The van der Waals surface area contributed by atoms with Crippen LogP contribution in [0, 0.1) is 0 Å². The predicted octanol–water partition coefficient (Wildman–Crippen LogP) is 0.173. The minimum atomic E-state index is -0.371. The van der Waals surface area contributed by atoms with Gasteiger partial charge in [0.15, 0.2) is 0 Å². The van der Waals surface area contributed by atoms with E-state index in [1.807, 2.05) is 12.1 Å². The van der Waals surface area contributed by atoms with Crippen molar-refractivity contribution < 1.29 is 9.90 Å². The molecule has 0 spiro atoms. The number of nitrogens with one attached hydrogen (secondary N) is 1. The van der Waals surface area contributed by atoms with E-state index in [2.05, 4.69) is 15.3 Å². The minimum absolute atomic E-state index is 0.161. The number of aliphatic hydroxyl groups excluding tert-OH is 1. The maximum atomic E-state index is 11.5. The molecule has 3 heterocycles. The topological polar surface area (TPSA) is 91.5 Å². The zero-order chi connectivity index (χ0) is 14.1. The van der Waals surface area contributed by atoms with E-state index in [9.17, 15) is 9.90 Å². The number of hydrogen-bond donors (Lipinski definition) is 3. The Morgan fingerprint density at radius 2 is 2.10 bits per heavy atom. The molecular weight excluding hydrogens is 256 g/mol. The molecule has 108 valence electrons. The minimum Gasteiger partial charge on any atom is -0.393 e. The van der Waals surface area contributed by atoms with Crippen LogP contribution in [0.1, 0.15) is 41.9 Å². The molecular formula is C14H20N4O2. The van der Waals surface area contributed by atoms with Crippen LogP contribution in [0.4, 0.5) is 0 Å². The standard InChI is InChI=1S/C14H20N4O2/c15-17-14(20)13-3-1-2-9(16-13)8-18-10-4-5-11(18)7-12(19)6-10/h1-3,10-12,19H,4-8,15H2,(H,17,20).